The van der Waals surface area contributed by atoms with Gasteiger partial charge in [0.1, 0.15) is 0 Å². The van der Waals surface area contributed by atoms with E-state index in [1.54, 1.807) is 12.3 Å². The predicted octanol–water partition coefficient (Wildman–Crippen LogP) is 3.50. The second-order valence-electron chi connectivity index (χ2n) is 5.28. The van der Waals surface area contributed by atoms with Crippen LogP contribution in [0.25, 0.3) is 0 Å². The van der Waals surface area contributed by atoms with Crippen molar-refractivity contribution in [3.8, 4) is 0 Å². The Bertz CT molecular complexity index is 409. The lowest BCUT2D eigenvalue weighted by molar-refractivity contribution is -0.120. The molecule has 0 saturated heterocycles. The van der Waals surface area contributed by atoms with E-state index in [0.717, 1.165) is 25.7 Å². The average Bonchev–Trinajstić information content (AvgIpc) is 2.76. The van der Waals surface area contributed by atoms with E-state index in [1.165, 1.54) is 30.6 Å². The van der Waals surface area contributed by atoms with Crippen molar-refractivity contribution in [1.82, 2.24) is 4.98 Å². The van der Waals surface area contributed by atoms with Gasteiger partial charge in [-0.25, -0.2) is 4.98 Å². The number of aromatic nitrogens is 1. The van der Waals surface area contributed by atoms with Gasteiger partial charge < -0.3 is 10.4 Å². The van der Waals surface area contributed by atoms with Crippen LogP contribution in [0.3, 0.4) is 0 Å². The van der Waals surface area contributed by atoms with Crippen LogP contribution in [0.1, 0.15) is 63.7 Å². The van der Waals surface area contributed by atoms with Gasteiger partial charge in [0, 0.05) is 11.3 Å². The molecule has 1 aliphatic carbocycles. The fraction of sp³-hybridized carbons (Fsp3) is 0.714. The van der Waals surface area contributed by atoms with Crippen molar-refractivity contribution in [1.29, 1.82) is 0 Å². The molecule has 1 aliphatic rings. The van der Waals surface area contributed by atoms with Gasteiger partial charge in [-0.2, -0.15) is 0 Å². The van der Waals surface area contributed by atoms with E-state index in [-0.39, 0.29) is 11.8 Å². The van der Waals surface area contributed by atoms with Crippen LogP contribution in [0, 0.1) is 5.92 Å². The van der Waals surface area contributed by atoms with Gasteiger partial charge in [0.05, 0.1) is 11.8 Å². The highest BCUT2D eigenvalue weighted by molar-refractivity contribution is 7.13. The summed E-state index contributed by atoms with van der Waals surface area (Å²) in [5.41, 5.74) is 0.623. The first-order chi connectivity index (χ1) is 9.16. The van der Waals surface area contributed by atoms with Crippen LogP contribution in [-0.4, -0.2) is 16.0 Å². The molecule has 0 radical (unpaired) electrons. The fourth-order valence-electron chi connectivity index (χ4n) is 2.46. The smallest absolute Gasteiger partial charge is 0.229 e. The third-order valence-electron chi connectivity index (χ3n) is 3.66. The number of thiazole rings is 1. The number of amides is 1. The van der Waals surface area contributed by atoms with Crippen LogP contribution >= 0.6 is 11.3 Å². The van der Waals surface area contributed by atoms with Gasteiger partial charge in [0.15, 0.2) is 5.13 Å². The van der Waals surface area contributed by atoms with E-state index in [1.807, 2.05) is 0 Å². The van der Waals surface area contributed by atoms with Crippen molar-refractivity contribution in [2.75, 3.05) is 5.32 Å². The average molecular weight is 282 g/mol. The molecule has 4 nitrogen and oxygen atoms in total. The molecule has 0 aliphatic heterocycles. The van der Waals surface area contributed by atoms with Gasteiger partial charge in [-0.1, -0.05) is 32.1 Å². The van der Waals surface area contributed by atoms with E-state index < -0.39 is 6.10 Å². The molecule has 19 heavy (non-hydrogen) atoms. The SMILES string of the molecule is CC(O)c1csc(NC(=O)C2CCCCCCC2)n1. The van der Waals surface area contributed by atoms with Crippen LogP contribution in [0.4, 0.5) is 5.13 Å². The lowest BCUT2D eigenvalue weighted by Crippen LogP contribution is -2.23. The number of aliphatic hydroxyl groups is 1. The molecule has 1 amide bonds. The number of nitrogens with zero attached hydrogens (tertiary/aromatic N) is 1. The van der Waals surface area contributed by atoms with Gasteiger partial charge in [-0.05, 0) is 19.8 Å². The van der Waals surface area contributed by atoms with E-state index >= 15 is 0 Å². The summed E-state index contributed by atoms with van der Waals surface area (Å²) in [6.07, 6.45) is 7.48. The van der Waals surface area contributed by atoms with Crippen LogP contribution in [-0.2, 0) is 4.79 Å². The summed E-state index contributed by atoms with van der Waals surface area (Å²) in [4.78, 5) is 16.4. The monoisotopic (exact) mass is 282 g/mol. The van der Waals surface area contributed by atoms with Crippen molar-refractivity contribution < 1.29 is 9.90 Å². The number of rotatable bonds is 3. The van der Waals surface area contributed by atoms with Gasteiger partial charge in [-0.15, -0.1) is 11.3 Å². The first kappa shape index (κ1) is 14.5. The van der Waals surface area contributed by atoms with Crippen LogP contribution in [0.2, 0.25) is 0 Å². The first-order valence-corrected chi connectivity index (χ1v) is 7.99. The molecule has 2 rings (SSSR count). The Labute approximate surface area is 118 Å². The zero-order valence-electron chi connectivity index (χ0n) is 11.4. The maximum Gasteiger partial charge on any atom is 0.229 e. The van der Waals surface area contributed by atoms with Crippen molar-refractivity contribution in [2.45, 2.75) is 58.0 Å². The van der Waals surface area contributed by atoms with E-state index in [0.29, 0.717) is 10.8 Å². The summed E-state index contributed by atoms with van der Waals surface area (Å²) in [6.45, 7) is 1.68. The number of anilines is 1. The minimum Gasteiger partial charge on any atom is -0.387 e. The maximum absolute atomic E-state index is 12.2. The number of carbonyl (C=O) groups is 1. The molecule has 1 heterocycles. The Morgan fingerprint density at radius 2 is 2.00 bits per heavy atom. The second kappa shape index (κ2) is 7.01. The fourth-order valence-corrected chi connectivity index (χ4v) is 3.26. The summed E-state index contributed by atoms with van der Waals surface area (Å²) < 4.78 is 0. The van der Waals surface area contributed by atoms with Crippen LogP contribution in [0.5, 0.6) is 0 Å². The molecule has 1 atom stereocenters. The Kier molecular flexibility index (Phi) is 5.34. The minimum absolute atomic E-state index is 0.0911. The molecule has 106 valence electrons. The zero-order valence-corrected chi connectivity index (χ0v) is 12.2. The number of aliphatic hydroxyl groups excluding tert-OH is 1. The Balaban J connectivity index is 1.91. The Morgan fingerprint density at radius 1 is 1.37 bits per heavy atom. The summed E-state index contributed by atoms with van der Waals surface area (Å²) in [5, 5.41) is 14.7. The van der Waals surface area contributed by atoms with Gasteiger partial charge in [0.2, 0.25) is 5.91 Å². The van der Waals surface area contributed by atoms with Gasteiger partial charge in [-0.3, -0.25) is 4.79 Å². The van der Waals surface area contributed by atoms with E-state index in [4.69, 9.17) is 0 Å². The number of carbonyl (C=O) groups excluding carboxylic acids is 1. The largest absolute Gasteiger partial charge is 0.387 e. The van der Waals surface area contributed by atoms with Crippen molar-refractivity contribution >= 4 is 22.4 Å². The van der Waals surface area contributed by atoms with Crippen molar-refractivity contribution in [3.63, 3.8) is 0 Å². The van der Waals surface area contributed by atoms with Crippen LogP contribution in [0.15, 0.2) is 5.38 Å². The third kappa shape index (κ3) is 4.28. The number of hydrogen-bond donors (Lipinski definition) is 2. The summed E-state index contributed by atoms with van der Waals surface area (Å²) in [7, 11) is 0. The Morgan fingerprint density at radius 3 is 2.58 bits per heavy atom. The lowest BCUT2D eigenvalue weighted by atomic mass is 9.90. The lowest BCUT2D eigenvalue weighted by Gasteiger charge is -2.18. The summed E-state index contributed by atoms with van der Waals surface area (Å²) >= 11 is 1.38. The maximum atomic E-state index is 12.2. The molecular weight excluding hydrogens is 260 g/mol. The molecule has 1 unspecified atom stereocenters. The highest BCUT2D eigenvalue weighted by Crippen LogP contribution is 2.25. The molecule has 0 spiro atoms. The molecule has 2 N–H and O–H groups in total. The standard InChI is InChI=1S/C14H22N2O2S/c1-10(17)12-9-19-14(15-12)16-13(18)11-7-5-3-2-4-6-8-11/h9-11,17H,2-8H2,1H3,(H,15,16,18). The van der Waals surface area contributed by atoms with Gasteiger partial charge in [0.25, 0.3) is 0 Å². The molecule has 0 bridgehead atoms. The van der Waals surface area contributed by atoms with E-state index in [2.05, 4.69) is 10.3 Å². The second-order valence-corrected chi connectivity index (χ2v) is 6.14. The third-order valence-corrected chi connectivity index (χ3v) is 4.43. The molecule has 1 aromatic rings. The topological polar surface area (TPSA) is 62.2 Å². The molecule has 1 saturated carbocycles. The number of hydrogen-bond acceptors (Lipinski definition) is 4. The normalized spacial score (nSPS) is 19.5. The summed E-state index contributed by atoms with van der Waals surface area (Å²) in [6, 6.07) is 0. The number of nitrogens with one attached hydrogen (secondary N) is 1. The molecule has 5 heteroatoms. The molecule has 1 aromatic heterocycles. The van der Waals surface area contributed by atoms with Crippen LogP contribution < -0.4 is 5.32 Å². The zero-order chi connectivity index (χ0) is 13.7. The van der Waals surface area contributed by atoms with E-state index in [9.17, 15) is 9.90 Å². The molecule has 0 aromatic carbocycles. The van der Waals surface area contributed by atoms with Gasteiger partial charge >= 0.3 is 0 Å². The predicted molar refractivity (Wildman–Crippen MR) is 77.2 cm³/mol. The highest BCUT2D eigenvalue weighted by Gasteiger charge is 2.20. The van der Waals surface area contributed by atoms with Crippen molar-refractivity contribution in [2.24, 2.45) is 5.92 Å². The first-order valence-electron chi connectivity index (χ1n) is 7.11. The molecular formula is C14H22N2O2S. The summed E-state index contributed by atoms with van der Waals surface area (Å²) in [5.74, 6) is 0.215. The van der Waals surface area contributed by atoms with Crippen molar-refractivity contribution in [3.05, 3.63) is 11.1 Å². The highest BCUT2D eigenvalue weighted by atomic mass is 32.1. The molecule has 1 fully saturated rings. The Hall–Kier alpha value is -0.940. The quantitative estimate of drug-likeness (QED) is 0.892. The minimum atomic E-state index is -0.580.